The number of fused-ring (bicyclic) bond motifs is 1. The van der Waals surface area contributed by atoms with Gasteiger partial charge in [0.15, 0.2) is 5.82 Å². The molecule has 14 heavy (non-hydrogen) atoms. The summed E-state index contributed by atoms with van der Waals surface area (Å²) in [6, 6.07) is 5.91. The summed E-state index contributed by atoms with van der Waals surface area (Å²) in [5.41, 5.74) is 6.27. The van der Waals surface area contributed by atoms with E-state index in [1.54, 1.807) is 0 Å². The molecule has 4 nitrogen and oxygen atoms in total. The average Bonchev–Trinajstić information content (AvgIpc) is 2.19. The standard InChI is InChI=1S/C10H12N4/c1-6-4-3-5-8-9(6)12-7(2)10(13-8)14-11/h3-5H,11H2,1-2H3,(H,13,14). The van der Waals surface area contributed by atoms with Gasteiger partial charge in [-0.3, -0.25) is 0 Å². The lowest BCUT2D eigenvalue weighted by molar-refractivity contribution is 1.14. The maximum atomic E-state index is 5.33. The Bertz CT molecular complexity index is 479. The van der Waals surface area contributed by atoms with Crippen molar-refractivity contribution in [2.24, 2.45) is 5.84 Å². The summed E-state index contributed by atoms with van der Waals surface area (Å²) in [5.74, 6) is 5.96. The fourth-order valence-electron chi connectivity index (χ4n) is 1.44. The lowest BCUT2D eigenvalue weighted by atomic mass is 10.2. The van der Waals surface area contributed by atoms with E-state index in [0.717, 1.165) is 22.3 Å². The number of hydrogen-bond donors (Lipinski definition) is 2. The van der Waals surface area contributed by atoms with Crippen molar-refractivity contribution in [3.8, 4) is 0 Å². The zero-order chi connectivity index (χ0) is 10.1. The molecule has 0 spiro atoms. The first kappa shape index (κ1) is 8.90. The maximum Gasteiger partial charge on any atom is 0.162 e. The maximum absolute atomic E-state index is 5.33. The molecule has 1 aromatic carbocycles. The number of nitrogens with two attached hydrogens (primary N) is 1. The number of rotatable bonds is 1. The number of aromatic nitrogens is 2. The van der Waals surface area contributed by atoms with Crippen LogP contribution in [0.3, 0.4) is 0 Å². The second kappa shape index (κ2) is 3.23. The van der Waals surface area contributed by atoms with Gasteiger partial charge < -0.3 is 5.43 Å². The molecule has 0 aliphatic rings. The lowest BCUT2D eigenvalue weighted by Crippen LogP contribution is -2.11. The molecule has 0 unspecified atom stereocenters. The van der Waals surface area contributed by atoms with Gasteiger partial charge in [0.1, 0.15) is 0 Å². The van der Waals surface area contributed by atoms with E-state index in [1.165, 1.54) is 0 Å². The monoisotopic (exact) mass is 188 g/mol. The molecule has 0 fully saturated rings. The van der Waals surface area contributed by atoms with Gasteiger partial charge >= 0.3 is 0 Å². The van der Waals surface area contributed by atoms with Gasteiger partial charge in [-0.2, -0.15) is 0 Å². The Morgan fingerprint density at radius 2 is 2.00 bits per heavy atom. The molecule has 0 amide bonds. The van der Waals surface area contributed by atoms with E-state index in [1.807, 2.05) is 32.0 Å². The number of hydrogen-bond acceptors (Lipinski definition) is 4. The second-order valence-electron chi connectivity index (χ2n) is 3.24. The minimum Gasteiger partial charge on any atom is -0.307 e. The molecule has 3 N–H and O–H groups in total. The van der Waals surface area contributed by atoms with Gasteiger partial charge in [-0.15, -0.1) is 0 Å². The highest BCUT2D eigenvalue weighted by molar-refractivity contribution is 5.79. The zero-order valence-electron chi connectivity index (χ0n) is 8.20. The van der Waals surface area contributed by atoms with E-state index in [0.29, 0.717) is 5.82 Å². The Morgan fingerprint density at radius 3 is 2.71 bits per heavy atom. The van der Waals surface area contributed by atoms with Crippen molar-refractivity contribution in [1.82, 2.24) is 9.97 Å². The predicted molar refractivity (Wildman–Crippen MR) is 56.8 cm³/mol. The number of anilines is 1. The van der Waals surface area contributed by atoms with E-state index in [2.05, 4.69) is 15.4 Å². The first-order chi connectivity index (χ1) is 6.72. The van der Waals surface area contributed by atoms with Crippen molar-refractivity contribution in [2.45, 2.75) is 13.8 Å². The van der Waals surface area contributed by atoms with E-state index in [9.17, 15) is 0 Å². The van der Waals surface area contributed by atoms with Crippen LogP contribution in [0.15, 0.2) is 18.2 Å². The smallest absolute Gasteiger partial charge is 0.162 e. The van der Waals surface area contributed by atoms with Gasteiger partial charge in [-0.05, 0) is 25.5 Å². The highest BCUT2D eigenvalue weighted by atomic mass is 15.3. The molecule has 0 aliphatic heterocycles. The third-order valence-corrected chi connectivity index (χ3v) is 2.21. The Hall–Kier alpha value is -1.68. The summed E-state index contributed by atoms with van der Waals surface area (Å²) in [6.07, 6.45) is 0. The van der Waals surface area contributed by atoms with Crippen LogP contribution in [0.4, 0.5) is 5.82 Å². The summed E-state index contributed by atoms with van der Waals surface area (Å²) >= 11 is 0. The molecular weight excluding hydrogens is 176 g/mol. The molecule has 0 atom stereocenters. The third-order valence-electron chi connectivity index (χ3n) is 2.21. The fraction of sp³-hybridized carbons (Fsp3) is 0.200. The molecular formula is C10H12N4. The molecule has 0 saturated heterocycles. The quantitative estimate of drug-likeness (QED) is 0.526. The molecule has 0 bridgehead atoms. The van der Waals surface area contributed by atoms with Crippen molar-refractivity contribution in [1.29, 1.82) is 0 Å². The van der Waals surface area contributed by atoms with Gasteiger partial charge in [0.05, 0.1) is 16.7 Å². The molecule has 2 rings (SSSR count). The molecule has 72 valence electrons. The highest BCUT2D eigenvalue weighted by Crippen LogP contribution is 2.17. The minimum absolute atomic E-state index is 0.628. The van der Waals surface area contributed by atoms with Crippen molar-refractivity contribution in [3.05, 3.63) is 29.5 Å². The Labute approximate surface area is 82.1 Å². The number of benzene rings is 1. The van der Waals surface area contributed by atoms with Crippen molar-refractivity contribution in [3.63, 3.8) is 0 Å². The molecule has 2 aromatic rings. The number of para-hydroxylation sites is 1. The number of nitrogens with one attached hydrogen (secondary N) is 1. The molecule has 0 saturated carbocycles. The van der Waals surface area contributed by atoms with Crippen LogP contribution in [0.25, 0.3) is 11.0 Å². The van der Waals surface area contributed by atoms with Crippen LogP contribution >= 0.6 is 0 Å². The van der Waals surface area contributed by atoms with Gasteiger partial charge in [0.25, 0.3) is 0 Å². The SMILES string of the molecule is Cc1nc2c(C)cccc2nc1NN. The number of nitrogens with zero attached hydrogens (tertiary/aromatic N) is 2. The molecule has 1 heterocycles. The van der Waals surface area contributed by atoms with Gasteiger partial charge in [0, 0.05) is 0 Å². The van der Waals surface area contributed by atoms with Crippen molar-refractivity contribution in [2.75, 3.05) is 5.43 Å². The summed E-state index contributed by atoms with van der Waals surface area (Å²) < 4.78 is 0. The van der Waals surface area contributed by atoms with Crippen LogP contribution in [0.5, 0.6) is 0 Å². The zero-order valence-corrected chi connectivity index (χ0v) is 8.20. The van der Waals surface area contributed by atoms with Crippen LogP contribution in [-0.2, 0) is 0 Å². The predicted octanol–water partition coefficient (Wildman–Crippen LogP) is 1.53. The summed E-state index contributed by atoms with van der Waals surface area (Å²) in [4.78, 5) is 8.80. The van der Waals surface area contributed by atoms with Gasteiger partial charge in [0.2, 0.25) is 0 Å². The molecule has 4 heteroatoms. The molecule has 0 radical (unpaired) electrons. The van der Waals surface area contributed by atoms with E-state index >= 15 is 0 Å². The van der Waals surface area contributed by atoms with E-state index in [4.69, 9.17) is 5.84 Å². The van der Waals surface area contributed by atoms with E-state index < -0.39 is 0 Å². The number of aryl methyl sites for hydroxylation is 2. The summed E-state index contributed by atoms with van der Waals surface area (Å²) in [5, 5.41) is 0. The van der Waals surface area contributed by atoms with Crippen molar-refractivity contribution < 1.29 is 0 Å². The Morgan fingerprint density at radius 1 is 1.21 bits per heavy atom. The fourth-order valence-corrected chi connectivity index (χ4v) is 1.44. The number of nitrogen functional groups attached to an aromatic ring is 1. The lowest BCUT2D eigenvalue weighted by Gasteiger charge is -2.06. The van der Waals surface area contributed by atoms with Crippen LogP contribution in [0.2, 0.25) is 0 Å². The Balaban J connectivity index is 2.79. The molecule has 1 aromatic heterocycles. The normalized spacial score (nSPS) is 10.5. The number of hydrazine groups is 1. The average molecular weight is 188 g/mol. The topological polar surface area (TPSA) is 63.8 Å². The van der Waals surface area contributed by atoms with Gasteiger partial charge in [-0.25, -0.2) is 15.8 Å². The van der Waals surface area contributed by atoms with E-state index in [-0.39, 0.29) is 0 Å². The van der Waals surface area contributed by atoms with Crippen LogP contribution in [0, 0.1) is 13.8 Å². The first-order valence-corrected chi connectivity index (χ1v) is 4.43. The Kier molecular flexibility index (Phi) is 2.05. The molecule has 0 aliphatic carbocycles. The minimum atomic E-state index is 0.628. The third kappa shape index (κ3) is 1.29. The first-order valence-electron chi connectivity index (χ1n) is 4.43. The summed E-state index contributed by atoms with van der Waals surface area (Å²) in [7, 11) is 0. The highest BCUT2D eigenvalue weighted by Gasteiger charge is 2.04. The second-order valence-corrected chi connectivity index (χ2v) is 3.24. The van der Waals surface area contributed by atoms with Crippen LogP contribution < -0.4 is 11.3 Å². The van der Waals surface area contributed by atoms with Crippen molar-refractivity contribution >= 4 is 16.9 Å². The summed E-state index contributed by atoms with van der Waals surface area (Å²) in [6.45, 7) is 3.90. The van der Waals surface area contributed by atoms with Crippen LogP contribution in [0.1, 0.15) is 11.3 Å². The van der Waals surface area contributed by atoms with Crippen LogP contribution in [-0.4, -0.2) is 9.97 Å². The largest absolute Gasteiger partial charge is 0.307 e. The van der Waals surface area contributed by atoms with Gasteiger partial charge in [-0.1, -0.05) is 12.1 Å².